The highest BCUT2D eigenvalue weighted by atomic mass is 16.5. The summed E-state index contributed by atoms with van der Waals surface area (Å²) in [5.41, 5.74) is 2.15. The van der Waals surface area contributed by atoms with Gasteiger partial charge in [0.25, 0.3) is 5.56 Å². The first kappa shape index (κ1) is 14.8. The van der Waals surface area contributed by atoms with Crippen LogP contribution in [0.5, 0.6) is 0 Å². The van der Waals surface area contributed by atoms with E-state index in [0.29, 0.717) is 25.0 Å². The summed E-state index contributed by atoms with van der Waals surface area (Å²) in [5.74, 6) is 0.351. The van der Waals surface area contributed by atoms with Crippen LogP contribution in [0.15, 0.2) is 16.9 Å². The first-order valence-corrected chi connectivity index (χ1v) is 8.22. The minimum Gasteiger partial charge on any atom is -0.376 e. The summed E-state index contributed by atoms with van der Waals surface area (Å²) in [7, 11) is 0. The highest BCUT2D eigenvalue weighted by Gasteiger charge is 2.22. The molecule has 1 aliphatic carbocycles. The number of ether oxygens (including phenoxy) is 1. The summed E-state index contributed by atoms with van der Waals surface area (Å²) in [6.45, 7) is 6.50. The Kier molecular flexibility index (Phi) is 4.45. The fourth-order valence-electron chi connectivity index (χ4n) is 3.00. The molecule has 0 amide bonds. The molecule has 1 aliphatic heterocycles. The van der Waals surface area contributed by atoms with Crippen LogP contribution in [0, 0.1) is 0 Å². The maximum atomic E-state index is 12.8. The third kappa shape index (κ3) is 3.55. The molecule has 4 heteroatoms. The monoisotopic (exact) mass is 290 g/mol. The van der Waals surface area contributed by atoms with E-state index in [1.54, 1.807) is 0 Å². The van der Waals surface area contributed by atoms with Crippen molar-refractivity contribution in [1.82, 2.24) is 9.88 Å². The Morgan fingerprint density at radius 1 is 1.33 bits per heavy atom. The summed E-state index contributed by atoms with van der Waals surface area (Å²) in [6, 6.07) is 4.74. The third-order valence-corrected chi connectivity index (χ3v) is 4.45. The Morgan fingerprint density at radius 2 is 2.14 bits per heavy atom. The standard InChI is InChI=1S/C17H26N2O2/c1-12(2)16-8-5-13(10-18-14-6-7-14)17(20)19(16)11-15-4-3-9-21-15/h5,8,12,14-15,18H,3-4,6-7,9-11H2,1-2H3. The number of hydrogen-bond acceptors (Lipinski definition) is 3. The molecule has 21 heavy (non-hydrogen) atoms. The van der Waals surface area contributed by atoms with Crippen LogP contribution in [-0.4, -0.2) is 23.3 Å². The topological polar surface area (TPSA) is 43.3 Å². The highest BCUT2D eigenvalue weighted by molar-refractivity contribution is 5.19. The van der Waals surface area contributed by atoms with Crippen LogP contribution in [0.1, 0.15) is 56.7 Å². The molecule has 1 saturated heterocycles. The van der Waals surface area contributed by atoms with E-state index in [1.165, 1.54) is 12.8 Å². The lowest BCUT2D eigenvalue weighted by Crippen LogP contribution is -2.33. The van der Waals surface area contributed by atoms with E-state index in [0.717, 1.165) is 30.7 Å². The summed E-state index contributed by atoms with van der Waals surface area (Å²) in [4.78, 5) is 12.8. The van der Waals surface area contributed by atoms with Crippen LogP contribution in [0.25, 0.3) is 0 Å². The molecule has 1 N–H and O–H groups in total. The molecule has 1 saturated carbocycles. The van der Waals surface area contributed by atoms with Crippen LogP contribution < -0.4 is 10.9 Å². The second kappa shape index (κ2) is 6.32. The van der Waals surface area contributed by atoms with Crippen LogP contribution in [0.4, 0.5) is 0 Å². The molecule has 116 valence electrons. The minimum atomic E-state index is 0.157. The van der Waals surface area contributed by atoms with Gasteiger partial charge in [0.1, 0.15) is 0 Å². The lowest BCUT2D eigenvalue weighted by atomic mass is 10.1. The molecule has 1 aromatic heterocycles. The van der Waals surface area contributed by atoms with Crippen molar-refractivity contribution in [2.75, 3.05) is 6.61 Å². The van der Waals surface area contributed by atoms with Crippen molar-refractivity contribution < 1.29 is 4.74 Å². The largest absolute Gasteiger partial charge is 0.376 e. The summed E-state index contributed by atoms with van der Waals surface area (Å²) in [5, 5.41) is 3.44. The van der Waals surface area contributed by atoms with Crippen molar-refractivity contribution in [3.63, 3.8) is 0 Å². The molecule has 0 radical (unpaired) electrons. The average Bonchev–Trinajstić information content (AvgIpc) is 3.14. The number of nitrogens with zero attached hydrogens (tertiary/aromatic N) is 1. The Hall–Kier alpha value is -1.13. The molecule has 1 atom stereocenters. The molecule has 2 heterocycles. The van der Waals surface area contributed by atoms with Crippen molar-refractivity contribution in [1.29, 1.82) is 0 Å². The van der Waals surface area contributed by atoms with E-state index in [1.807, 2.05) is 10.6 Å². The zero-order valence-electron chi connectivity index (χ0n) is 13.1. The van der Waals surface area contributed by atoms with Gasteiger partial charge in [0.2, 0.25) is 0 Å². The van der Waals surface area contributed by atoms with Crippen LogP contribution >= 0.6 is 0 Å². The zero-order valence-corrected chi connectivity index (χ0v) is 13.1. The molecule has 2 fully saturated rings. The van der Waals surface area contributed by atoms with Crippen molar-refractivity contribution in [2.24, 2.45) is 0 Å². The van der Waals surface area contributed by atoms with Gasteiger partial charge in [-0.25, -0.2) is 0 Å². The maximum Gasteiger partial charge on any atom is 0.255 e. The van der Waals surface area contributed by atoms with Gasteiger partial charge >= 0.3 is 0 Å². The third-order valence-electron chi connectivity index (χ3n) is 4.45. The van der Waals surface area contributed by atoms with Gasteiger partial charge in [-0.1, -0.05) is 19.9 Å². The Balaban J connectivity index is 1.83. The van der Waals surface area contributed by atoms with Gasteiger partial charge in [0.05, 0.1) is 12.6 Å². The Labute approximate surface area is 126 Å². The van der Waals surface area contributed by atoms with Crippen molar-refractivity contribution >= 4 is 0 Å². The first-order valence-electron chi connectivity index (χ1n) is 8.22. The van der Waals surface area contributed by atoms with Crippen molar-refractivity contribution in [3.05, 3.63) is 33.7 Å². The van der Waals surface area contributed by atoms with Gasteiger partial charge in [-0.2, -0.15) is 0 Å². The Morgan fingerprint density at radius 3 is 2.76 bits per heavy atom. The molecule has 1 aromatic rings. The molecule has 0 spiro atoms. The lowest BCUT2D eigenvalue weighted by Gasteiger charge is -2.20. The first-order chi connectivity index (χ1) is 10.1. The predicted molar refractivity (Wildman–Crippen MR) is 83.6 cm³/mol. The summed E-state index contributed by atoms with van der Waals surface area (Å²) < 4.78 is 7.67. The zero-order chi connectivity index (χ0) is 14.8. The quantitative estimate of drug-likeness (QED) is 0.875. The normalized spacial score (nSPS) is 22.1. The maximum absolute atomic E-state index is 12.8. The molecule has 3 rings (SSSR count). The van der Waals surface area contributed by atoms with Gasteiger partial charge < -0.3 is 14.6 Å². The molecule has 4 nitrogen and oxygen atoms in total. The van der Waals surface area contributed by atoms with Gasteiger partial charge in [0, 0.05) is 30.5 Å². The van der Waals surface area contributed by atoms with Crippen LogP contribution in [0.2, 0.25) is 0 Å². The molecule has 1 unspecified atom stereocenters. The Bertz CT molecular complexity index is 540. The lowest BCUT2D eigenvalue weighted by molar-refractivity contribution is 0.0951. The minimum absolute atomic E-state index is 0.157. The van der Waals surface area contributed by atoms with Crippen LogP contribution in [-0.2, 0) is 17.8 Å². The van der Waals surface area contributed by atoms with Gasteiger partial charge in [-0.15, -0.1) is 0 Å². The van der Waals surface area contributed by atoms with E-state index in [2.05, 4.69) is 25.2 Å². The number of aromatic nitrogens is 1. The van der Waals surface area contributed by atoms with E-state index in [4.69, 9.17) is 4.74 Å². The fraction of sp³-hybridized carbons (Fsp3) is 0.706. The van der Waals surface area contributed by atoms with E-state index in [-0.39, 0.29) is 11.7 Å². The molecule has 0 aromatic carbocycles. The predicted octanol–water partition coefficient (Wildman–Crippen LogP) is 2.40. The van der Waals surface area contributed by atoms with Gasteiger partial charge in [0.15, 0.2) is 0 Å². The summed E-state index contributed by atoms with van der Waals surface area (Å²) >= 11 is 0. The average molecular weight is 290 g/mol. The van der Waals surface area contributed by atoms with Crippen LogP contribution in [0.3, 0.4) is 0 Å². The number of nitrogens with one attached hydrogen (secondary N) is 1. The molecular weight excluding hydrogens is 264 g/mol. The van der Waals surface area contributed by atoms with Gasteiger partial charge in [-0.3, -0.25) is 4.79 Å². The summed E-state index contributed by atoms with van der Waals surface area (Å²) in [6.07, 6.45) is 4.86. The van der Waals surface area contributed by atoms with E-state index >= 15 is 0 Å². The van der Waals surface area contributed by atoms with Crippen molar-refractivity contribution in [2.45, 2.75) is 70.7 Å². The second-order valence-corrected chi connectivity index (χ2v) is 6.64. The number of hydrogen-bond donors (Lipinski definition) is 1. The smallest absolute Gasteiger partial charge is 0.255 e. The van der Waals surface area contributed by atoms with E-state index in [9.17, 15) is 4.79 Å². The molecule has 2 aliphatic rings. The van der Waals surface area contributed by atoms with E-state index < -0.39 is 0 Å². The molecular formula is C17H26N2O2. The second-order valence-electron chi connectivity index (χ2n) is 6.64. The molecule has 0 bridgehead atoms. The number of pyridine rings is 1. The number of rotatable bonds is 6. The fourth-order valence-corrected chi connectivity index (χ4v) is 3.00. The van der Waals surface area contributed by atoms with Crippen molar-refractivity contribution in [3.8, 4) is 0 Å². The SMILES string of the molecule is CC(C)c1ccc(CNC2CC2)c(=O)n1CC1CCCO1. The highest BCUT2D eigenvalue weighted by Crippen LogP contribution is 2.20. The van der Waals surface area contributed by atoms with Gasteiger partial charge in [-0.05, 0) is 37.7 Å².